The summed E-state index contributed by atoms with van der Waals surface area (Å²) in [6, 6.07) is 3.40. The summed E-state index contributed by atoms with van der Waals surface area (Å²) in [4.78, 5) is 0. The van der Waals surface area contributed by atoms with E-state index < -0.39 is 17.3 Å². The molecule has 0 saturated carbocycles. The van der Waals surface area contributed by atoms with Gasteiger partial charge in [0.15, 0.2) is 0 Å². The van der Waals surface area contributed by atoms with Gasteiger partial charge in [-0.3, -0.25) is 0 Å². The summed E-state index contributed by atoms with van der Waals surface area (Å²) in [5, 5.41) is 9.84. The van der Waals surface area contributed by atoms with Gasteiger partial charge in [0.2, 0.25) is 0 Å². The third kappa shape index (κ3) is 2.79. The highest BCUT2D eigenvalue weighted by molar-refractivity contribution is 5.42. The molecule has 1 atom stereocenters. The molecule has 0 amide bonds. The van der Waals surface area contributed by atoms with Crippen LogP contribution < -0.4 is 4.74 Å². The summed E-state index contributed by atoms with van der Waals surface area (Å²) in [5.41, 5.74) is -2.92. The molecule has 0 aliphatic heterocycles. The topological polar surface area (TPSA) is 29.5 Å². The monoisotopic (exact) mass is 246 g/mol. The Morgan fingerprint density at radius 1 is 1.29 bits per heavy atom. The van der Waals surface area contributed by atoms with Crippen molar-refractivity contribution in [3.63, 3.8) is 0 Å². The zero-order valence-corrected chi connectivity index (χ0v) is 9.51. The van der Waals surface area contributed by atoms with Crippen LogP contribution in [0.1, 0.15) is 18.1 Å². The van der Waals surface area contributed by atoms with Crippen LogP contribution in [0.25, 0.3) is 0 Å². The van der Waals surface area contributed by atoms with Gasteiger partial charge in [0.1, 0.15) is 11.4 Å². The van der Waals surface area contributed by atoms with E-state index in [0.29, 0.717) is 0 Å². The zero-order valence-electron chi connectivity index (χ0n) is 9.51. The van der Waals surface area contributed by atoms with Crippen molar-refractivity contribution in [2.75, 3.05) is 7.11 Å². The minimum Gasteiger partial charge on any atom is -0.497 e. The Kier molecular flexibility index (Phi) is 3.52. The summed E-state index contributed by atoms with van der Waals surface area (Å²) in [5.74, 6) is 0.0842. The highest BCUT2D eigenvalue weighted by Gasteiger charge is 2.38. The van der Waals surface area contributed by atoms with Crippen LogP contribution in [0.4, 0.5) is 13.2 Å². The standard InChI is InChI=1S/C12H13F3O2/c1-4-11(2,16)9-6-5-8(17-3)7-10(9)12(13,14)15/h4-7,16H,1H2,2-3H3/t11-/m1/s1. The van der Waals surface area contributed by atoms with Gasteiger partial charge in [-0.05, 0) is 24.6 Å². The van der Waals surface area contributed by atoms with Crippen molar-refractivity contribution in [2.45, 2.75) is 18.7 Å². The van der Waals surface area contributed by atoms with Gasteiger partial charge in [0, 0.05) is 0 Å². The zero-order chi connectivity index (χ0) is 13.3. The van der Waals surface area contributed by atoms with E-state index in [-0.39, 0.29) is 11.3 Å². The van der Waals surface area contributed by atoms with Crippen LogP contribution >= 0.6 is 0 Å². The number of methoxy groups -OCH3 is 1. The van der Waals surface area contributed by atoms with Crippen LogP contribution in [0.3, 0.4) is 0 Å². The molecule has 1 N–H and O–H groups in total. The molecule has 0 aromatic heterocycles. The van der Waals surface area contributed by atoms with Gasteiger partial charge in [0.25, 0.3) is 0 Å². The van der Waals surface area contributed by atoms with E-state index in [1.165, 1.54) is 26.2 Å². The maximum atomic E-state index is 12.8. The Balaban J connectivity index is 3.46. The number of aliphatic hydroxyl groups is 1. The fourth-order valence-corrected chi connectivity index (χ4v) is 1.44. The number of hydrogen-bond acceptors (Lipinski definition) is 2. The Bertz CT molecular complexity index is 422. The van der Waals surface area contributed by atoms with Crippen molar-refractivity contribution in [1.82, 2.24) is 0 Å². The highest BCUT2D eigenvalue weighted by atomic mass is 19.4. The number of ether oxygens (including phenoxy) is 1. The molecule has 0 aliphatic rings. The molecule has 0 aliphatic carbocycles. The summed E-state index contributed by atoms with van der Waals surface area (Å²) in [6.45, 7) is 4.57. The van der Waals surface area contributed by atoms with Gasteiger partial charge in [-0.2, -0.15) is 13.2 Å². The number of hydrogen-bond donors (Lipinski definition) is 1. The maximum Gasteiger partial charge on any atom is 0.416 e. The Labute approximate surface area is 97.3 Å². The molecule has 0 radical (unpaired) electrons. The number of benzene rings is 1. The molecule has 0 bridgehead atoms. The predicted molar refractivity (Wildman–Crippen MR) is 57.8 cm³/mol. The van der Waals surface area contributed by atoms with Crippen molar-refractivity contribution < 1.29 is 23.0 Å². The predicted octanol–water partition coefficient (Wildman–Crippen LogP) is 3.11. The fourth-order valence-electron chi connectivity index (χ4n) is 1.44. The van der Waals surface area contributed by atoms with Gasteiger partial charge in [-0.1, -0.05) is 18.7 Å². The van der Waals surface area contributed by atoms with Gasteiger partial charge in [0.05, 0.1) is 12.7 Å². The molecule has 1 aromatic carbocycles. The van der Waals surface area contributed by atoms with Crippen molar-refractivity contribution in [2.24, 2.45) is 0 Å². The minimum atomic E-state index is -4.56. The lowest BCUT2D eigenvalue weighted by Gasteiger charge is -2.24. The van der Waals surface area contributed by atoms with Gasteiger partial charge in [-0.15, -0.1) is 0 Å². The molecule has 0 fully saturated rings. The van der Waals surface area contributed by atoms with Crippen LogP contribution in [0.2, 0.25) is 0 Å². The smallest absolute Gasteiger partial charge is 0.416 e. The lowest BCUT2D eigenvalue weighted by molar-refractivity contribution is -0.140. The van der Waals surface area contributed by atoms with Gasteiger partial charge >= 0.3 is 6.18 Å². The van der Waals surface area contributed by atoms with Gasteiger partial charge in [-0.25, -0.2) is 0 Å². The van der Waals surface area contributed by atoms with Crippen LogP contribution in [-0.4, -0.2) is 12.2 Å². The first-order valence-electron chi connectivity index (χ1n) is 4.84. The van der Waals surface area contributed by atoms with E-state index in [0.717, 1.165) is 12.1 Å². The molecule has 0 unspecified atom stereocenters. The van der Waals surface area contributed by atoms with Crippen molar-refractivity contribution in [3.8, 4) is 5.75 Å². The minimum absolute atomic E-state index is 0.0842. The second kappa shape index (κ2) is 4.41. The molecule has 0 spiro atoms. The average Bonchev–Trinajstić information content (AvgIpc) is 2.27. The van der Waals surface area contributed by atoms with Crippen molar-refractivity contribution in [1.29, 1.82) is 0 Å². The first-order chi connectivity index (χ1) is 7.72. The lowest BCUT2D eigenvalue weighted by Crippen LogP contribution is -2.23. The van der Waals surface area contributed by atoms with E-state index in [2.05, 4.69) is 6.58 Å². The Morgan fingerprint density at radius 2 is 1.88 bits per heavy atom. The van der Waals surface area contributed by atoms with Crippen LogP contribution in [-0.2, 0) is 11.8 Å². The molecule has 17 heavy (non-hydrogen) atoms. The van der Waals surface area contributed by atoms with Gasteiger partial charge < -0.3 is 9.84 Å². The third-order valence-corrected chi connectivity index (χ3v) is 2.47. The SMILES string of the molecule is C=C[C@@](C)(O)c1ccc(OC)cc1C(F)(F)F. The summed E-state index contributed by atoms with van der Waals surface area (Å²) >= 11 is 0. The van der Waals surface area contributed by atoms with Crippen LogP contribution in [0.5, 0.6) is 5.75 Å². The van der Waals surface area contributed by atoms with E-state index in [1.807, 2.05) is 0 Å². The molecular formula is C12H13F3O2. The molecular weight excluding hydrogens is 233 g/mol. The molecule has 5 heteroatoms. The average molecular weight is 246 g/mol. The molecule has 1 rings (SSSR count). The third-order valence-electron chi connectivity index (χ3n) is 2.47. The van der Waals surface area contributed by atoms with Crippen molar-refractivity contribution in [3.05, 3.63) is 42.0 Å². The normalized spacial score (nSPS) is 15.2. The number of alkyl halides is 3. The summed E-state index contributed by atoms with van der Waals surface area (Å²) in [6.07, 6.45) is -3.50. The number of halogens is 3. The van der Waals surface area contributed by atoms with E-state index in [4.69, 9.17) is 4.74 Å². The Morgan fingerprint density at radius 3 is 2.29 bits per heavy atom. The van der Waals surface area contributed by atoms with E-state index in [9.17, 15) is 18.3 Å². The fraction of sp³-hybridized carbons (Fsp3) is 0.333. The number of rotatable bonds is 3. The summed E-state index contributed by atoms with van der Waals surface area (Å²) in [7, 11) is 1.28. The second-order valence-corrected chi connectivity index (χ2v) is 3.76. The van der Waals surface area contributed by atoms with E-state index >= 15 is 0 Å². The lowest BCUT2D eigenvalue weighted by atomic mass is 9.91. The molecule has 1 aromatic rings. The molecule has 0 heterocycles. The van der Waals surface area contributed by atoms with Crippen LogP contribution in [0.15, 0.2) is 30.9 Å². The second-order valence-electron chi connectivity index (χ2n) is 3.76. The Hall–Kier alpha value is -1.49. The largest absolute Gasteiger partial charge is 0.497 e. The maximum absolute atomic E-state index is 12.8. The highest BCUT2D eigenvalue weighted by Crippen LogP contribution is 2.38. The molecule has 2 nitrogen and oxygen atoms in total. The van der Waals surface area contributed by atoms with E-state index in [1.54, 1.807) is 0 Å². The molecule has 0 saturated heterocycles. The molecule has 94 valence electrons. The first-order valence-corrected chi connectivity index (χ1v) is 4.84. The quantitative estimate of drug-likeness (QED) is 0.830. The first kappa shape index (κ1) is 13.6. The van der Waals surface area contributed by atoms with Crippen LogP contribution in [0, 0.1) is 0 Å². The summed E-state index contributed by atoms with van der Waals surface area (Å²) < 4.78 is 43.2. The van der Waals surface area contributed by atoms with Crippen molar-refractivity contribution >= 4 is 0 Å².